The molecule has 0 bridgehead atoms. The first kappa shape index (κ1) is 15.7. The zero-order valence-electron chi connectivity index (χ0n) is 12.2. The van der Waals surface area contributed by atoms with Gasteiger partial charge < -0.3 is 10.5 Å². The summed E-state index contributed by atoms with van der Waals surface area (Å²) in [5.41, 5.74) is 8.34. The van der Waals surface area contributed by atoms with Gasteiger partial charge in [0, 0.05) is 22.8 Å². The van der Waals surface area contributed by atoms with Crippen molar-refractivity contribution in [3.63, 3.8) is 0 Å². The number of benzene rings is 1. The minimum atomic E-state index is 0.316. The van der Waals surface area contributed by atoms with Crippen molar-refractivity contribution < 1.29 is 4.74 Å². The number of aromatic nitrogens is 1. The van der Waals surface area contributed by atoms with Gasteiger partial charge in [0.15, 0.2) is 0 Å². The average Bonchev–Trinajstić information content (AvgIpc) is 2.41. The lowest BCUT2D eigenvalue weighted by Crippen LogP contribution is -2.09. The monoisotopic (exact) mass is 320 g/mol. The van der Waals surface area contributed by atoms with Crippen LogP contribution in [0.1, 0.15) is 36.5 Å². The van der Waals surface area contributed by atoms with Crippen LogP contribution in [0.5, 0.6) is 11.6 Å². The van der Waals surface area contributed by atoms with Crippen LogP contribution in [0.3, 0.4) is 0 Å². The smallest absolute Gasteiger partial charge is 0.219 e. The average molecular weight is 321 g/mol. The van der Waals surface area contributed by atoms with Crippen LogP contribution in [0.4, 0.5) is 0 Å². The third kappa shape index (κ3) is 3.71. The maximum absolute atomic E-state index is 6.26. The van der Waals surface area contributed by atoms with Crippen molar-refractivity contribution in [2.75, 3.05) is 0 Å². The molecule has 0 saturated heterocycles. The number of rotatable bonds is 4. The fourth-order valence-electron chi connectivity index (χ4n) is 1.95. The number of aryl methyl sites for hydroxylation is 1. The molecule has 21 heavy (non-hydrogen) atoms. The van der Waals surface area contributed by atoms with Crippen LogP contribution in [0.15, 0.2) is 30.5 Å². The molecule has 2 rings (SSSR count). The van der Waals surface area contributed by atoms with Gasteiger partial charge >= 0.3 is 0 Å². The molecule has 0 amide bonds. The SMILES string of the molecule is Cc1cc(Cl)c(C(C)C)cc1Oc1cc(C(N)=S)ccn1. The summed E-state index contributed by atoms with van der Waals surface area (Å²) in [6, 6.07) is 7.34. The lowest BCUT2D eigenvalue weighted by molar-refractivity contribution is 0.458. The summed E-state index contributed by atoms with van der Waals surface area (Å²) < 4.78 is 5.86. The van der Waals surface area contributed by atoms with Gasteiger partial charge in [-0.3, -0.25) is 0 Å². The molecule has 0 saturated carbocycles. The highest BCUT2D eigenvalue weighted by molar-refractivity contribution is 7.80. The van der Waals surface area contributed by atoms with Crippen LogP contribution >= 0.6 is 23.8 Å². The molecule has 0 aliphatic carbocycles. The predicted octanol–water partition coefficient (Wildman–Crippen LogP) is 4.59. The van der Waals surface area contributed by atoms with E-state index in [1.54, 1.807) is 18.3 Å². The number of nitrogens with two attached hydrogens (primary N) is 1. The molecule has 0 aliphatic rings. The molecule has 0 radical (unpaired) electrons. The minimum Gasteiger partial charge on any atom is -0.439 e. The molecule has 1 aromatic carbocycles. The molecular formula is C16H17ClN2OS. The summed E-state index contributed by atoms with van der Waals surface area (Å²) in [6.07, 6.45) is 1.62. The molecule has 5 heteroatoms. The molecule has 0 unspecified atom stereocenters. The summed E-state index contributed by atoms with van der Waals surface area (Å²) in [7, 11) is 0. The van der Waals surface area contributed by atoms with E-state index in [1.807, 2.05) is 19.1 Å². The first-order chi connectivity index (χ1) is 9.88. The van der Waals surface area contributed by atoms with Crippen molar-refractivity contribution in [2.45, 2.75) is 26.7 Å². The molecule has 2 aromatic rings. The maximum atomic E-state index is 6.26. The molecule has 0 spiro atoms. The zero-order valence-corrected chi connectivity index (χ0v) is 13.8. The standard InChI is InChI=1S/C16H17ClN2OS/c1-9(2)12-8-14(10(3)6-13(12)17)20-15-7-11(16(18)21)4-5-19-15/h4-9H,1-3H3,(H2,18,21). The Morgan fingerprint density at radius 3 is 2.67 bits per heavy atom. The van der Waals surface area contributed by atoms with Gasteiger partial charge in [0.25, 0.3) is 0 Å². The van der Waals surface area contributed by atoms with Gasteiger partial charge in [-0.15, -0.1) is 0 Å². The van der Waals surface area contributed by atoms with E-state index in [4.69, 9.17) is 34.3 Å². The Balaban J connectivity index is 2.37. The maximum Gasteiger partial charge on any atom is 0.219 e. The van der Waals surface area contributed by atoms with E-state index in [0.29, 0.717) is 16.8 Å². The third-order valence-electron chi connectivity index (χ3n) is 3.15. The molecule has 110 valence electrons. The van der Waals surface area contributed by atoms with Crippen molar-refractivity contribution in [3.05, 3.63) is 52.2 Å². The summed E-state index contributed by atoms with van der Waals surface area (Å²) in [4.78, 5) is 4.50. The number of nitrogens with zero attached hydrogens (tertiary/aromatic N) is 1. The van der Waals surface area contributed by atoms with Crippen LogP contribution in [0, 0.1) is 6.92 Å². The second-order valence-corrected chi connectivity index (χ2v) is 5.99. The molecule has 1 aromatic heterocycles. The van der Waals surface area contributed by atoms with Gasteiger partial charge in [0.1, 0.15) is 10.7 Å². The number of thiocarbonyl (C=S) groups is 1. The Labute approximate surface area is 135 Å². The predicted molar refractivity (Wildman–Crippen MR) is 90.5 cm³/mol. The summed E-state index contributed by atoms with van der Waals surface area (Å²) in [5, 5.41) is 0.750. The van der Waals surface area contributed by atoms with E-state index in [0.717, 1.165) is 27.5 Å². The first-order valence-corrected chi connectivity index (χ1v) is 7.41. The number of hydrogen-bond acceptors (Lipinski definition) is 3. The number of ether oxygens (including phenoxy) is 1. The molecule has 2 N–H and O–H groups in total. The third-order valence-corrected chi connectivity index (χ3v) is 3.71. The van der Waals surface area contributed by atoms with Crippen molar-refractivity contribution >= 4 is 28.8 Å². The number of halogens is 1. The van der Waals surface area contributed by atoms with Crippen molar-refractivity contribution in [1.82, 2.24) is 4.98 Å². The molecule has 3 nitrogen and oxygen atoms in total. The first-order valence-electron chi connectivity index (χ1n) is 6.62. The second kappa shape index (κ2) is 6.41. The normalized spacial score (nSPS) is 10.7. The van der Waals surface area contributed by atoms with E-state index in [9.17, 15) is 0 Å². The Morgan fingerprint density at radius 1 is 1.33 bits per heavy atom. The van der Waals surface area contributed by atoms with Gasteiger partial charge in [-0.2, -0.15) is 0 Å². The summed E-state index contributed by atoms with van der Waals surface area (Å²) in [5.74, 6) is 1.51. The Kier molecular flexibility index (Phi) is 4.80. The van der Waals surface area contributed by atoms with Gasteiger partial charge in [-0.1, -0.05) is 37.7 Å². The topological polar surface area (TPSA) is 48.1 Å². The van der Waals surface area contributed by atoms with Crippen LogP contribution in [0.2, 0.25) is 5.02 Å². The second-order valence-electron chi connectivity index (χ2n) is 5.14. The van der Waals surface area contributed by atoms with Crippen LogP contribution in [0.25, 0.3) is 0 Å². The Hall–Kier alpha value is -1.65. The molecule has 0 atom stereocenters. The molecule has 1 heterocycles. The Bertz CT molecular complexity index is 686. The van der Waals surface area contributed by atoms with Crippen LogP contribution in [-0.4, -0.2) is 9.97 Å². The van der Waals surface area contributed by atoms with Crippen molar-refractivity contribution in [2.24, 2.45) is 5.73 Å². The van der Waals surface area contributed by atoms with Crippen molar-refractivity contribution in [3.8, 4) is 11.6 Å². The highest BCUT2D eigenvalue weighted by Crippen LogP contribution is 2.33. The van der Waals surface area contributed by atoms with Crippen molar-refractivity contribution in [1.29, 1.82) is 0 Å². The number of hydrogen-bond donors (Lipinski definition) is 1. The number of pyridine rings is 1. The lowest BCUT2D eigenvalue weighted by atomic mass is 10.0. The van der Waals surface area contributed by atoms with E-state index in [2.05, 4.69) is 18.8 Å². The van der Waals surface area contributed by atoms with E-state index in [-0.39, 0.29) is 0 Å². The van der Waals surface area contributed by atoms with Crippen LogP contribution < -0.4 is 10.5 Å². The van der Waals surface area contributed by atoms with Gasteiger partial charge in [-0.25, -0.2) is 4.98 Å². The van der Waals surface area contributed by atoms with E-state index < -0.39 is 0 Å². The van der Waals surface area contributed by atoms with Gasteiger partial charge in [0.05, 0.1) is 0 Å². The quantitative estimate of drug-likeness (QED) is 0.837. The summed E-state index contributed by atoms with van der Waals surface area (Å²) in [6.45, 7) is 6.13. The fraction of sp³-hybridized carbons (Fsp3) is 0.250. The van der Waals surface area contributed by atoms with Gasteiger partial charge in [-0.05, 0) is 42.2 Å². The minimum absolute atomic E-state index is 0.316. The van der Waals surface area contributed by atoms with E-state index >= 15 is 0 Å². The fourth-order valence-corrected chi connectivity index (χ4v) is 2.52. The highest BCUT2D eigenvalue weighted by Gasteiger charge is 2.11. The highest BCUT2D eigenvalue weighted by atomic mass is 35.5. The largest absolute Gasteiger partial charge is 0.439 e. The molecular weight excluding hydrogens is 304 g/mol. The molecule has 0 aliphatic heterocycles. The zero-order chi connectivity index (χ0) is 15.6. The summed E-state index contributed by atoms with van der Waals surface area (Å²) >= 11 is 11.2. The Morgan fingerprint density at radius 2 is 2.05 bits per heavy atom. The van der Waals surface area contributed by atoms with Gasteiger partial charge in [0.2, 0.25) is 5.88 Å². The molecule has 0 fully saturated rings. The van der Waals surface area contributed by atoms with E-state index in [1.165, 1.54) is 0 Å². The van der Waals surface area contributed by atoms with Crippen LogP contribution in [-0.2, 0) is 0 Å². The lowest BCUT2D eigenvalue weighted by Gasteiger charge is -2.14.